The van der Waals surface area contributed by atoms with Crippen LogP contribution >= 0.6 is 11.3 Å². The number of carbonyl (C=O) groups is 1. The number of halogens is 2. The Hall–Kier alpha value is -2.58. The molecule has 142 valence electrons. The van der Waals surface area contributed by atoms with Crippen LogP contribution in [0.2, 0.25) is 0 Å². The number of carbonyl (C=O) groups excluding carboxylic acids is 1. The van der Waals surface area contributed by atoms with Gasteiger partial charge in [0.05, 0.1) is 17.3 Å². The maximum Gasteiger partial charge on any atom is 0.266 e. The molecule has 0 saturated heterocycles. The Labute approximate surface area is 159 Å². The molecule has 0 bridgehead atoms. The number of thiazole rings is 1. The van der Waals surface area contributed by atoms with Crippen LogP contribution < -0.4 is 9.64 Å². The van der Waals surface area contributed by atoms with Crippen molar-refractivity contribution < 1.29 is 18.3 Å². The smallest absolute Gasteiger partial charge is 0.266 e. The van der Waals surface area contributed by atoms with Crippen molar-refractivity contribution >= 4 is 32.6 Å². The maximum absolute atomic E-state index is 14.1. The lowest BCUT2D eigenvalue weighted by molar-refractivity contribution is 0.0977. The summed E-state index contributed by atoms with van der Waals surface area (Å²) in [6, 6.07) is 8.77. The first-order valence-corrected chi connectivity index (χ1v) is 9.07. The third kappa shape index (κ3) is 4.06. The molecule has 0 aliphatic carbocycles. The predicted molar refractivity (Wildman–Crippen MR) is 103 cm³/mol. The number of nitrogens with zero attached hydrogens (tertiary/aromatic N) is 3. The second-order valence-corrected chi connectivity index (χ2v) is 7.20. The van der Waals surface area contributed by atoms with Crippen molar-refractivity contribution in [3.05, 3.63) is 53.6 Å². The highest BCUT2D eigenvalue weighted by Gasteiger charge is 2.26. The SMILES string of the molecule is COc1ccc2sc(N(CCN(C)C)C(=O)c3c(F)cccc3F)nc2c1. The Balaban J connectivity index is 2.04. The molecule has 0 atom stereocenters. The maximum atomic E-state index is 14.1. The van der Waals surface area contributed by atoms with Crippen molar-refractivity contribution in [1.29, 1.82) is 0 Å². The number of amides is 1. The molecule has 0 radical (unpaired) electrons. The third-order valence-corrected chi connectivity index (χ3v) is 5.07. The van der Waals surface area contributed by atoms with Crippen molar-refractivity contribution in [2.24, 2.45) is 0 Å². The Kier molecular flexibility index (Phi) is 5.67. The number of fused-ring (bicyclic) bond motifs is 1. The van der Waals surface area contributed by atoms with E-state index in [1.54, 1.807) is 19.2 Å². The minimum Gasteiger partial charge on any atom is -0.497 e. The molecular weight excluding hydrogens is 372 g/mol. The van der Waals surface area contributed by atoms with Crippen molar-refractivity contribution in [2.45, 2.75) is 0 Å². The summed E-state index contributed by atoms with van der Waals surface area (Å²) in [4.78, 5) is 20.7. The third-order valence-electron chi connectivity index (χ3n) is 4.01. The van der Waals surface area contributed by atoms with Gasteiger partial charge in [0.2, 0.25) is 0 Å². The van der Waals surface area contributed by atoms with Crippen LogP contribution in [0, 0.1) is 11.6 Å². The first-order valence-electron chi connectivity index (χ1n) is 8.26. The normalized spacial score (nSPS) is 11.2. The van der Waals surface area contributed by atoms with Gasteiger partial charge >= 0.3 is 0 Å². The highest BCUT2D eigenvalue weighted by atomic mass is 32.1. The number of hydrogen-bond donors (Lipinski definition) is 0. The zero-order valence-corrected chi connectivity index (χ0v) is 16.0. The number of likely N-dealkylation sites (N-methyl/N-ethyl adjacent to an activating group) is 1. The summed E-state index contributed by atoms with van der Waals surface area (Å²) in [6.07, 6.45) is 0. The molecule has 3 aromatic rings. The molecule has 5 nitrogen and oxygen atoms in total. The summed E-state index contributed by atoms with van der Waals surface area (Å²) in [7, 11) is 5.27. The molecule has 1 aromatic heterocycles. The van der Waals surface area contributed by atoms with Crippen molar-refractivity contribution in [3.8, 4) is 5.75 Å². The summed E-state index contributed by atoms with van der Waals surface area (Å²) in [5.41, 5.74) is 0.0825. The number of aromatic nitrogens is 1. The lowest BCUT2D eigenvalue weighted by Crippen LogP contribution is -2.37. The van der Waals surface area contributed by atoms with Gasteiger partial charge in [-0.3, -0.25) is 9.69 Å². The van der Waals surface area contributed by atoms with Gasteiger partial charge in [0, 0.05) is 19.2 Å². The molecular formula is C19H19F2N3O2S. The van der Waals surface area contributed by atoms with Crippen molar-refractivity contribution in [1.82, 2.24) is 9.88 Å². The number of methoxy groups -OCH3 is 1. The van der Waals surface area contributed by atoms with Gasteiger partial charge in [-0.15, -0.1) is 0 Å². The van der Waals surface area contributed by atoms with Crippen LogP contribution in [0.1, 0.15) is 10.4 Å². The highest BCUT2D eigenvalue weighted by molar-refractivity contribution is 7.22. The van der Waals surface area contributed by atoms with Crippen LogP contribution in [0.3, 0.4) is 0 Å². The average molecular weight is 391 g/mol. The van der Waals surface area contributed by atoms with Gasteiger partial charge in [-0.25, -0.2) is 13.8 Å². The fourth-order valence-electron chi connectivity index (χ4n) is 2.56. The van der Waals surface area contributed by atoms with E-state index in [9.17, 15) is 13.6 Å². The van der Waals surface area contributed by atoms with E-state index in [-0.39, 0.29) is 6.54 Å². The van der Waals surface area contributed by atoms with Crippen molar-refractivity contribution in [2.75, 3.05) is 39.2 Å². The van der Waals surface area contributed by atoms with E-state index in [0.29, 0.717) is 22.9 Å². The molecule has 0 fully saturated rings. The zero-order chi connectivity index (χ0) is 19.6. The van der Waals surface area contributed by atoms with Crippen LogP contribution in [-0.4, -0.2) is 50.1 Å². The standard InChI is InChI=1S/C19H19F2N3O2S/c1-23(2)9-10-24(18(25)17-13(20)5-4-6-14(17)21)19-22-15-11-12(26-3)7-8-16(15)27-19/h4-8,11H,9-10H2,1-3H3. The van der Waals surface area contributed by atoms with E-state index < -0.39 is 23.1 Å². The van der Waals surface area contributed by atoms with E-state index in [2.05, 4.69) is 4.98 Å². The first-order chi connectivity index (χ1) is 12.9. The number of ether oxygens (including phenoxy) is 1. The second kappa shape index (κ2) is 7.98. The van der Waals surface area contributed by atoms with E-state index in [1.165, 1.54) is 22.3 Å². The van der Waals surface area contributed by atoms with Gasteiger partial charge in [-0.2, -0.15) is 0 Å². The molecule has 2 aromatic carbocycles. The Morgan fingerprint density at radius 2 is 1.85 bits per heavy atom. The molecule has 0 saturated carbocycles. The van der Waals surface area contributed by atoms with Gasteiger partial charge in [-0.05, 0) is 38.4 Å². The van der Waals surface area contributed by atoms with Crippen LogP contribution in [0.25, 0.3) is 10.2 Å². The summed E-state index contributed by atoms with van der Waals surface area (Å²) in [5.74, 6) is -1.89. The minimum absolute atomic E-state index is 0.247. The summed E-state index contributed by atoms with van der Waals surface area (Å²) in [5, 5.41) is 0.382. The molecule has 1 heterocycles. The van der Waals surface area contributed by atoms with Crippen LogP contribution in [0.4, 0.5) is 13.9 Å². The number of hydrogen-bond acceptors (Lipinski definition) is 5. The molecule has 0 spiro atoms. The van der Waals surface area contributed by atoms with Crippen LogP contribution in [0.5, 0.6) is 5.75 Å². The largest absolute Gasteiger partial charge is 0.497 e. The summed E-state index contributed by atoms with van der Waals surface area (Å²) in [6.45, 7) is 0.762. The first kappa shape index (κ1) is 19.2. The van der Waals surface area contributed by atoms with E-state index in [0.717, 1.165) is 16.8 Å². The lowest BCUT2D eigenvalue weighted by Gasteiger charge is -2.22. The topological polar surface area (TPSA) is 45.7 Å². The predicted octanol–water partition coefficient (Wildman–Crippen LogP) is 3.79. The van der Waals surface area contributed by atoms with Gasteiger partial charge in [0.25, 0.3) is 5.91 Å². The average Bonchev–Trinajstić information content (AvgIpc) is 3.04. The fraction of sp³-hybridized carbons (Fsp3) is 0.263. The molecule has 0 N–H and O–H groups in total. The number of benzene rings is 2. The summed E-state index contributed by atoms with van der Waals surface area (Å²) >= 11 is 1.29. The van der Waals surface area contributed by atoms with Crippen molar-refractivity contribution in [3.63, 3.8) is 0 Å². The molecule has 3 rings (SSSR count). The Bertz CT molecular complexity index is 954. The van der Waals surface area contributed by atoms with E-state index in [4.69, 9.17) is 4.74 Å². The monoisotopic (exact) mass is 391 g/mol. The highest BCUT2D eigenvalue weighted by Crippen LogP contribution is 2.32. The van der Waals surface area contributed by atoms with E-state index >= 15 is 0 Å². The Morgan fingerprint density at radius 3 is 2.48 bits per heavy atom. The summed E-state index contributed by atoms with van der Waals surface area (Å²) < 4.78 is 34.3. The van der Waals surface area contributed by atoms with Gasteiger partial charge < -0.3 is 9.64 Å². The van der Waals surface area contributed by atoms with Gasteiger partial charge in [0.1, 0.15) is 22.9 Å². The molecule has 0 aliphatic heterocycles. The number of anilines is 1. The quantitative estimate of drug-likeness (QED) is 0.641. The molecule has 8 heteroatoms. The molecule has 0 aliphatic rings. The van der Waals surface area contributed by atoms with Crippen LogP contribution in [-0.2, 0) is 0 Å². The lowest BCUT2D eigenvalue weighted by atomic mass is 10.1. The second-order valence-electron chi connectivity index (χ2n) is 6.19. The van der Waals surface area contributed by atoms with Gasteiger partial charge in [0.15, 0.2) is 5.13 Å². The zero-order valence-electron chi connectivity index (χ0n) is 15.2. The van der Waals surface area contributed by atoms with Gasteiger partial charge in [-0.1, -0.05) is 17.4 Å². The minimum atomic E-state index is -0.891. The Morgan fingerprint density at radius 1 is 1.15 bits per heavy atom. The van der Waals surface area contributed by atoms with Crippen LogP contribution in [0.15, 0.2) is 36.4 Å². The van der Waals surface area contributed by atoms with E-state index in [1.807, 2.05) is 25.1 Å². The molecule has 0 unspecified atom stereocenters. The molecule has 27 heavy (non-hydrogen) atoms. The fourth-order valence-corrected chi connectivity index (χ4v) is 3.53. The molecule has 1 amide bonds. The number of rotatable bonds is 6.